The molecule has 0 spiro atoms. The molecule has 0 atom stereocenters. The SMILES string of the molecule is NCOc1cnn(-c2ccccc2C(F)(F)F)c1. The molecule has 1 aromatic heterocycles. The van der Waals surface area contributed by atoms with Gasteiger partial charge in [0.05, 0.1) is 23.6 Å². The van der Waals surface area contributed by atoms with Crippen LogP contribution >= 0.6 is 0 Å². The Morgan fingerprint density at radius 1 is 1.28 bits per heavy atom. The van der Waals surface area contributed by atoms with Gasteiger partial charge in [-0.05, 0) is 12.1 Å². The average Bonchev–Trinajstić information content (AvgIpc) is 2.77. The summed E-state index contributed by atoms with van der Waals surface area (Å²) in [6.45, 7) is -0.0629. The fraction of sp³-hybridized carbons (Fsp3) is 0.182. The number of alkyl halides is 3. The highest BCUT2D eigenvalue weighted by Gasteiger charge is 2.33. The fourth-order valence-corrected chi connectivity index (χ4v) is 1.52. The van der Waals surface area contributed by atoms with Crippen LogP contribution in [0.1, 0.15) is 5.56 Å². The first-order valence-corrected chi connectivity index (χ1v) is 5.06. The maximum Gasteiger partial charge on any atom is 0.418 e. The van der Waals surface area contributed by atoms with Crippen molar-refractivity contribution >= 4 is 0 Å². The van der Waals surface area contributed by atoms with Crippen LogP contribution in [0.3, 0.4) is 0 Å². The Bertz CT molecular complexity index is 536. The van der Waals surface area contributed by atoms with E-state index in [-0.39, 0.29) is 12.4 Å². The first-order chi connectivity index (χ1) is 8.52. The summed E-state index contributed by atoms with van der Waals surface area (Å²) >= 11 is 0. The highest BCUT2D eigenvalue weighted by Crippen LogP contribution is 2.33. The van der Waals surface area contributed by atoms with Crippen molar-refractivity contribution in [3.05, 3.63) is 42.2 Å². The molecule has 0 aliphatic heterocycles. The van der Waals surface area contributed by atoms with Gasteiger partial charge in [0.15, 0.2) is 5.75 Å². The molecular formula is C11H10F3N3O. The van der Waals surface area contributed by atoms with Crippen molar-refractivity contribution in [1.82, 2.24) is 9.78 Å². The summed E-state index contributed by atoms with van der Waals surface area (Å²) in [7, 11) is 0. The predicted octanol–water partition coefficient (Wildman–Crippen LogP) is 2.19. The van der Waals surface area contributed by atoms with Crippen LogP contribution in [0, 0.1) is 0 Å². The Morgan fingerprint density at radius 2 is 2.00 bits per heavy atom. The number of ether oxygens (including phenoxy) is 1. The Morgan fingerprint density at radius 3 is 2.67 bits per heavy atom. The lowest BCUT2D eigenvalue weighted by molar-refractivity contribution is -0.137. The van der Waals surface area contributed by atoms with E-state index in [2.05, 4.69) is 5.10 Å². The first kappa shape index (κ1) is 12.4. The highest BCUT2D eigenvalue weighted by molar-refractivity contribution is 5.42. The number of hydrogen-bond acceptors (Lipinski definition) is 3. The minimum atomic E-state index is -4.43. The molecular weight excluding hydrogens is 247 g/mol. The van der Waals surface area contributed by atoms with Crippen molar-refractivity contribution in [3.63, 3.8) is 0 Å². The molecule has 0 unspecified atom stereocenters. The minimum Gasteiger partial charge on any atom is -0.475 e. The molecule has 2 rings (SSSR count). The molecule has 0 radical (unpaired) electrons. The number of benzene rings is 1. The second-order valence-corrected chi connectivity index (χ2v) is 3.45. The van der Waals surface area contributed by atoms with Gasteiger partial charge in [0.25, 0.3) is 0 Å². The van der Waals surface area contributed by atoms with E-state index in [0.29, 0.717) is 5.75 Å². The first-order valence-electron chi connectivity index (χ1n) is 5.06. The Kier molecular flexibility index (Phi) is 3.24. The molecule has 0 aliphatic rings. The molecule has 0 saturated heterocycles. The quantitative estimate of drug-likeness (QED) is 0.857. The molecule has 0 saturated carbocycles. The van der Waals surface area contributed by atoms with Crippen molar-refractivity contribution in [3.8, 4) is 11.4 Å². The van der Waals surface area contributed by atoms with E-state index in [0.717, 1.165) is 10.7 Å². The summed E-state index contributed by atoms with van der Waals surface area (Å²) in [5.74, 6) is 0.314. The van der Waals surface area contributed by atoms with Crippen LogP contribution in [0.25, 0.3) is 5.69 Å². The van der Waals surface area contributed by atoms with Crippen molar-refractivity contribution in [2.45, 2.75) is 6.18 Å². The van der Waals surface area contributed by atoms with Crippen molar-refractivity contribution < 1.29 is 17.9 Å². The topological polar surface area (TPSA) is 53.1 Å². The zero-order chi connectivity index (χ0) is 13.2. The second-order valence-electron chi connectivity index (χ2n) is 3.45. The smallest absolute Gasteiger partial charge is 0.418 e. The molecule has 18 heavy (non-hydrogen) atoms. The molecule has 1 aromatic carbocycles. The molecule has 2 N–H and O–H groups in total. The van der Waals surface area contributed by atoms with Gasteiger partial charge >= 0.3 is 6.18 Å². The van der Waals surface area contributed by atoms with E-state index >= 15 is 0 Å². The van der Waals surface area contributed by atoms with Crippen LogP contribution in [0.2, 0.25) is 0 Å². The van der Waals surface area contributed by atoms with Gasteiger partial charge in [0.1, 0.15) is 6.73 Å². The van der Waals surface area contributed by atoms with Gasteiger partial charge < -0.3 is 4.74 Å². The van der Waals surface area contributed by atoms with Crippen molar-refractivity contribution in [2.24, 2.45) is 5.73 Å². The van der Waals surface area contributed by atoms with Gasteiger partial charge in [-0.2, -0.15) is 18.3 Å². The lowest BCUT2D eigenvalue weighted by atomic mass is 10.2. The summed E-state index contributed by atoms with van der Waals surface area (Å²) in [6, 6.07) is 5.17. The van der Waals surface area contributed by atoms with Gasteiger partial charge in [-0.3, -0.25) is 5.73 Å². The molecule has 0 aliphatic carbocycles. The molecule has 0 bridgehead atoms. The molecule has 0 fully saturated rings. The number of rotatable bonds is 3. The van der Waals surface area contributed by atoms with Gasteiger partial charge in [0.2, 0.25) is 0 Å². The van der Waals surface area contributed by atoms with E-state index in [1.54, 1.807) is 0 Å². The van der Waals surface area contributed by atoms with E-state index < -0.39 is 11.7 Å². The van der Waals surface area contributed by atoms with Gasteiger partial charge in [0, 0.05) is 0 Å². The van der Waals surface area contributed by atoms with Crippen molar-refractivity contribution in [1.29, 1.82) is 0 Å². The van der Waals surface area contributed by atoms with Crippen LogP contribution in [-0.4, -0.2) is 16.5 Å². The number of hydrogen-bond donors (Lipinski definition) is 1. The molecule has 7 heteroatoms. The third kappa shape index (κ3) is 2.45. The van der Waals surface area contributed by atoms with Gasteiger partial charge in [-0.15, -0.1) is 0 Å². The molecule has 96 valence electrons. The zero-order valence-corrected chi connectivity index (χ0v) is 9.19. The third-order valence-corrected chi connectivity index (χ3v) is 2.27. The maximum absolute atomic E-state index is 12.8. The van der Waals surface area contributed by atoms with Crippen LogP contribution in [0.5, 0.6) is 5.75 Å². The summed E-state index contributed by atoms with van der Waals surface area (Å²) in [5, 5.41) is 3.82. The Hall–Kier alpha value is -2.02. The monoisotopic (exact) mass is 257 g/mol. The van der Waals surface area contributed by atoms with Crippen LogP contribution in [-0.2, 0) is 6.18 Å². The number of nitrogens with zero attached hydrogens (tertiary/aromatic N) is 2. The van der Waals surface area contributed by atoms with E-state index in [4.69, 9.17) is 10.5 Å². The fourth-order valence-electron chi connectivity index (χ4n) is 1.52. The maximum atomic E-state index is 12.8. The number of aromatic nitrogens is 2. The molecule has 4 nitrogen and oxygen atoms in total. The lowest BCUT2D eigenvalue weighted by Gasteiger charge is -2.11. The van der Waals surface area contributed by atoms with Crippen LogP contribution in [0.4, 0.5) is 13.2 Å². The summed E-state index contributed by atoms with van der Waals surface area (Å²) in [4.78, 5) is 0. The summed E-state index contributed by atoms with van der Waals surface area (Å²) in [5.41, 5.74) is 4.35. The number of para-hydroxylation sites is 1. The standard InChI is InChI=1S/C11H10F3N3O/c12-11(13,14)9-3-1-2-4-10(9)17-6-8(5-16-17)18-7-15/h1-6H,7,15H2. The summed E-state index contributed by atoms with van der Waals surface area (Å²) < 4.78 is 44.4. The minimum absolute atomic E-state index is 0.0585. The Balaban J connectivity index is 2.43. The summed E-state index contributed by atoms with van der Waals surface area (Å²) in [6.07, 6.45) is -1.78. The number of halogens is 3. The van der Waals surface area contributed by atoms with Crippen LogP contribution < -0.4 is 10.5 Å². The lowest BCUT2D eigenvalue weighted by Crippen LogP contribution is -2.11. The largest absolute Gasteiger partial charge is 0.475 e. The second kappa shape index (κ2) is 4.69. The van der Waals surface area contributed by atoms with Crippen LogP contribution in [0.15, 0.2) is 36.7 Å². The highest BCUT2D eigenvalue weighted by atomic mass is 19.4. The third-order valence-electron chi connectivity index (χ3n) is 2.27. The molecule has 2 aromatic rings. The normalized spacial score (nSPS) is 11.6. The molecule has 1 heterocycles. The van der Waals surface area contributed by atoms with Gasteiger partial charge in [-0.25, -0.2) is 4.68 Å². The number of nitrogens with two attached hydrogens (primary N) is 1. The van der Waals surface area contributed by atoms with E-state index in [1.165, 1.54) is 30.6 Å². The predicted molar refractivity (Wildman–Crippen MR) is 58.2 cm³/mol. The van der Waals surface area contributed by atoms with E-state index in [9.17, 15) is 13.2 Å². The van der Waals surface area contributed by atoms with Crippen molar-refractivity contribution in [2.75, 3.05) is 6.73 Å². The van der Waals surface area contributed by atoms with Gasteiger partial charge in [-0.1, -0.05) is 12.1 Å². The average molecular weight is 257 g/mol. The Labute approximate surface area is 101 Å². The van der Waals surface area contributed by atoms with E-state index in [1.807, 2.05) is 0 Å². The molecule has 0 amide bonds. The zero-order valence-electron chi connectivity index (χ0n) is 9.19.